The molecule has 0 bridgehead atoms. The number of piperidine rings is 2. The van der Waals surface area contributed by atoms with Crippen LogP contribution in [-0.4, -0.2) is 60.4 Å². The third kappa shape index (κ3) is 5.25. The second-order valence-electron chi connectivity index (χ2n) is 8.14. The number of ether oxygens (including phenoxy) is 1. The first-order valence-corrected chi connectivity index (χ1v) is 10.5. The Morgan fingerprint density at radius 1 is 1.18 bits per heavy atom. The number of benzene rings is 1. The first-order valence-electron chi connectivity index (χ1n) is 10.5. The van der Waals surface area contributed by atoms with Gasteiger partial charge in [0, 0.05) is 32.2 Å². The van der Waals surface area contributed by atoms with E-state index in [0.717, 1.165) is 44.5 Å². The molecule has 0 radical (unpaired) electrons. The van der Waals surface area contributed by atoms with Crippen molar-refractivity contribution in [3.63, 3.8) is 0 Å². The molecule has 2 amide bonds. The van der Waals surface area contributed by atoms with Crippen LogP contribution >= 0.6 is 0 Å². The van der Waals surface area contributed by atoms with Crippen LogP contribution in [0.4, 0.5) is 0 Å². The highest BCUT2D eigenvalue weighted by molar-refractivity contribution is 5.82. The number of likely N-dealkylation sites (tertiary alicyclic amines) is 2. The molecule has 2 heterocycles. The van der Waals surface area contributed by atoms with Crippen molar-refractivity contribution in [3.05, 3.63) is 30.3 Å². The zero-order valence-electron chi connectivity index (χ0n) is 16.9. The second-order valence-corrected chi connectivity index (χ2v) is 8.14. The number of rotatable bonds is 6. The fourth-order valence-electron chi connectivity index (χ4n) is 4.34. The predicted molar refractivity (Wildman–Crippen MR) is 109 cm³/mol. The van der Waals surface area contributed by atoms with E-state index in [1.54, 1.807) is 0 Å². The summed E-state index contributed by atoms with van der Waals surface area (Å²) in [4.78, 5) is 29.5. The van der Waals surface area contributed by atoms with Crippen LogP contribution in [0.3, 0.4) is 0 Å². The SMILES string of the molecule is CC1CCN(C(=O)C2CCCN(C(=O)CCOc3ccccc3)C2)C(CN)C1. The van der Waals surface area contributed by atoms with Crippen LogP contribution in [0.5, 0.6) is 5.75 Å². The largest absolute Gasteiger partial charge is 0.493 e. The van der Waals surface area contributed by atoms with E-state index in [1.807, 2.05) is 40.1 Å². The minimum absolute atomic E-state index is 0.0658. The molecule has 0 aromatic heterocycles. The molecular formula is C22H33N3O3. The number of carbonyl (C=O) groups is 2. The maximum Gasteiger partial charge on any atom is 0.227 e. The summed E-state index contributed by atoms with van der Waals surface area (Å²) in [6.45, 7) is 5.14. The minimum Gasteiger partial charge on any atom is -0.493 e. The lowest BCUT2D eigenvalue weighted by molar-refractivity contribution is -0.144. The zero-order chi connectivity index (χ0) is 19.9. The molecule has 1 aromatic rings. The smallest absolute Gasteiger partial charge is 0.227 e. The van der Waals surface area contributed by atoms with Crippen molar-refractivity contribution < 1.29 is 14.3 Å². The summed E-state index contributed by atoms with van der Waals surface area (Å²) in [5, 5.41) is 0. The molecule has 0 spiro atoms. The van der Waals surface area contributed by atoms with Crippen molar-refractivity contribution in [2.45, 2.75) is 45.1 Å². The Balaban J connectivity index is 1.50. The molecule has 2 fully saturated rings. The van der Waals surface area contributed by atoms with E-state index in [4.69, 9.17) is 10.5 Å². The molecule has 2 aliphatic heterocycles. The van der Waals surface area contributed by atoms with Crippen LogP contribution in [-0.2, 0) is 9.59 Å². The third-order valence-corrected chi connectivity index (χ3v) is 5.98. The van der Waals surface area contributed by atoms with E-state index in [0.29, 0.717) is 32.0 Å². The first-order chi connectivity index (χ1) is 13.6. The Bertz CT molecular complexity index is 652. The summed E-state index contributed by atoms with van der Waals surface area (Å²) >= 11 is 0. The van der Waals surface area contributed by atoms with Crippen molar-refractivity contribution in [1.82, 2.24) is 9.80 Å². The van der Waals surface area contributed by atoms with Gasteiger partial charge in [-0.1, -0.05) is 25.1 Å². The number of nitrogens with two attached hydrogens (primary N) is 1. The molecule has 1 aromatic carbocycles. The van der Waals surface area contributed by atoms with Crippen LogP contribution in [0, 0.1) is 11.8 Å². The van der Waals surface area contributed by atoms with Crippen LogP contribution in [0.15, 0.2) is 30.3 Å². The van der Waals surface area contributed by atoms with Crippen molar-refractivity contribution in [2.75, 3.05) is 32.8 Å². The molecule has 2 aliphatic rings. The fraction of sp³-hybridized carbons (Fsp3) is 0.636. The number of amides is 2. The monoisotopic (exact) mass is 387 g/mol. The van der Waals surface area contributed by atoms with Crippen molar-refractivity contribution in [1.29, 1.82) is 0 Å². The van der Waals surface area contributed by atoms with Gasteiger partial charge in [0.15, 0.2) is 0 Å². The Morgan fingerprint density at radius 2 is 1.96 bits per heavy atom. The van der Waals surface area contributed by atoms with E-state index in [9.17, 15) is 9.59 Å². The second kappa shape index (κ2) is 9.92. The summed E-state index contributed by atoms with van der Waals surface area (Å²) in [7, 11) is 0. The van der Waals surface area contributed by atoms with E-state index in [-0.39, 0.29) is 23.8 Å². The standard InChI is InChI=1S/C22H33N3O3/c1-17-9-12-25(19(14-17)15-23)22(27)18-6-5-11-24(16-18)21(26)10-13-28-20-7-3-2-4-8-20/h2-4,7-8,17-19H,5-6,9-16,23H2,1H3. The van der Waals surface area contributed by atoms with Gasteiger partial charge in [-0.25, -0.2) is 0 Å². The molecule has 6 heteroatoms. The summed E-state index contributed by atoms with van der Waals surface area (Å²) in [5.74, 6) is 1.53. The van der Waals surface area contributed by atoms with Crippen molar-refractivity contribution in [2.24, 2.45) is 17.6 Å². The highest BCUT2D eigenvalue weighted by Gasteiger charge is 2.35. The highest BCUT2D eigenvalue weighted by atomic mass is 16.5. The number of hydrogen-bond donors (Lipinski definition) is 1. The van der Waals surface area contributed by atoms with Gasteiger partial charge in [0.2, 0.25) is 11.8 Å². The first kappa shape index (κ1) is 20.6. The zero-order valence-corrected chi connectivity index (χ0v) is 16.9. The van der Waals surface area contributed by atoms with Crippen molar-refractivity contribution >= 4 is 11.8 Å². The lowest BCUT2D eigenvalue weighted by atomic mass is 9.89. The van der Waals surface area contributed by atoms with Crippen LogP contribution < -0.4 is 10.5 Å². The van der Waals surface area contributed by atoms with Crippen LogP contribution in [0.1, 0.15) is 39.0 Å². The van der Waals surface area contributed by atoms with E-state index in [1.165, 1.54) is 0 Å². The molecule has 28 heavy (non-hydrogen) atoms. The predicted octanol–water partition coefficient (Wildman–Crippen LogP) is 2.28. The van der Waals surface area contributed by atoms with Crippen molar-refractivity contribution in [3.8, 4) is 5.75 Å². The number of nitrogens with zero attached hydrogens (tertiary/aromatic N) is 2. The maximum absolute atomic E-state index is 13.1. The van der Waals surface area contributed by atoms with Gasteiger partial charge in [-0.15, -0.1) is 0 Å². The maximum atomic E-state index is 13.1. The highest BCUT2D eigenvalue weighted by Crippen LogP contribution is 2.26. The topological polar surface area (TPSA) is 75.9 Å². The van der Waals surface area contributed by atoms with Gasteiger partial charge in [0.1, 0.15) is 5.75 Å². The summed E-state index contributed by atoms with van der Waals surface area (Å²) < 4.78 is 5.64. The quantitative estimate of drug-likeness (QED) is 0.812. The molecule has 2 N–H and O–H groups in total. The van der Waals surface area contributed by atoms with Gasteiger partial charge in [0.05, 0.1) is 18.9 Å². The number of para-hydroxylation sites is 1. The molecule has 3 rings (SSSR count). The van der Waals surface area contributed by atoms with E-state index < -0.39 is 0 Å². The average molecular weight is 388 g/mol. The van der Waals surface area contributed by atoms with Crippen LogP contribution in [0.2, 0.25) is 0 Å². The molecule has 0 saturated carbocycles. The van der Waals surface area contributed by atoms with Crippen LogP contribution in [0.25, 0.3) is 0 Å². The normalized spacial score (nSPS) is 25.4. The number of hydrogen-bond acceptors (Lipinski definition) is 4. The van der Waals surface area contributed by atoms with E-state index >= 15 is 0 Å². The molecule has 0 aliphatic carbocycles. The Kier molecular flexibility index (Phi) is 7.31. The molecule has 3 unspecified atom stereocenters. The molecular weight excluding hydrogens is 354 g/mol. The summed E-state index contributed by atoms with van der Waals surface area (Å²) in [6, 6.07) is 9.66. The summed E-state index contributed by atoms with van der Waals surface area (Å²) in [6.07, 6.45) is 4.08. The third-order valence-electron chi connectivity index (χ3n) is 5.98. The molecule has 3 atom stereocenters. The van der Waals surface area contributed by atoms with Gasteiger partial charge in [-0.2, -0.15) is 0 Å². The van der Waals surface area contributed by atoms with E-state index in [2.05, 4.69) is 6.92 Å². The minimum atomic E-state index is -0.102. The Labute approximate surface area is 168 Å². The fourth-order valence-corrected chi connectivity index (χ4v) is 4.34. The van der Waals surface area contributed by atoms with Gasteiger partial charge in [0.25, 0.3) is 0 Å². The lowest BCUT2D eigenvalue weighted by Crippen LogP contribution is -2.54. The molecule has 154 valence electrons. The molecule has 6 nitrogen and oxygen atoms in total. The Hall–Kier alpha value is -2.08. The number of carbonyl (C=O) groups excluding carboxylic acids is 2. The lowest BCUT2D eigenvalue weighted by Gasteiger charge is -2.41. The van der Waals surface area contributed by atoms with Gasteiger partial charge in [-0.05, 0) is 43.7 Å². The average Bonchev–Trinajstić information content (AvgIpc) is 2.74. The Morgan fingerprint density at radius 3 is 2.71 bits per heavy atom. The van der Waals surface area contributed by atoms with Gasteiger partial charge < -0.3 is 20.3 Å². The molecule has 2 saturated heterocycles. The summed E-state index contributed by atoms with van der Waals surface area (Å²) in [5.41, 5.74) is 5.93. The van der Waals surface area contributed by atoms with Gasteiger partial charge in [-0.3, -0.25) is 9.59 Å². The van der Waals surface area contributed by atoms with Gasteiger partial charge >= 0.3 is 0 Å².